The van der Waals surface area contributed by atoms with Crippen LogP contribution in [0.5, 0.6) is 0 Å². The van der Waals surface area contributed by atoms with E-state index in [1.165, 1.54) is 18.3 Å². The summed E-state index contributed by atoms with van der Waals surface area (Å²) in [6, 6.07) is 0. The van der Waals surface area contributed by atoms with Crippen molar-refractivity contribution >= 4 is 21.7 Å². The van der Waals surface area contributed by atoms with Gasteiger partial charge in [-0.25, -0.2) is 0 Å². The van der Waals surface area contributed by atoms with Gasteiger partial charge < -0.3 is 0 Å². The van der Waals surface area contributed by atoms with Crippen molar-refractivity contribution < 1.29 is 35.1 Å². The van der Waals surface area contributed by atoms with Crippen molar-refractivity contribution in [2.24, 2.45) is 0 Å². The lowest BCUT2D eigenvalue weighted by Crippen LogP contribution is -2.37. The molecule has 1 aliphatic rings. The van der Waals surface area contributed by atoms with Gasteiger partial charge in [0.1, 0.15) is 11.3 Å². The topological polar surface area (TPSA) is 35.2 Å². The first-order valence-corrected chi connectivity index (χ1v) is 6.53. The van der Waals surface area contributed by atoms with Crippen molar-refractivity contribution in [3.63, 3.8) is 0 Å². The molecule has 1 aromatic heterocycles. The number of H-pyrrole nitrogens is 1. The third-order valence-corrected chi connectivity index (χ3v) is 3.41. The maximum Gasteiger partial charge on any atom is 0.459 e. The third-order valence-electron chi connectivity index (χ3n) is 2.95. The number of hydrogen-bond donors (Lipinski definition) is 1. The largest absolute Gasteiger partial charge is 0.459 e. The fourth-order valence-corrected chi connectivity index (χ4v) is 2.48. The number of hydrazine groups is 1. The summed E-state index contributed by atoms with van der Waals surface area (Å²) in [7, 11) is 1.28. The first-order valence-electron chi connectivity index (χ1n) is 5.74. The van der Waals surface area contributed by atoms with E-state index in [0.29, 0.717) is 4.48 Å². The van der Waals surface area contributed by atoms with E-state index in [1.54, 1.807) is 0 Å². The van der Waals surface area contributed by atoms with E-state index >= 15 is 0 Å². The second kappa shape index (κ2) is 5.24. The summed E-state index contributed by atoms with van der Waals surface area (Å²) >= 11 is 3.00. The van der Waals surface area contributed by atoms with E-state index in [4.69, 9.17) is 0 Å². The molecule has 0 fully saturated rings. The minimum Gasteiger partial charge on any atom is -0.293 e. The zero-order valence-corrected chi connectivity index (χ0v) is 12.6. The maximum atomic E-state index is 13.4. The van der Waals surface area contributed by atoms with E-state index < -0.39 is 35.4 Å². The molecule has 0 unspecified atom stereocenters. The lowest BCUT2D eigenvalue weighted by atomic mass is 10.1. The van der Waals surface area contributed by atoms with Gasteiger partial charge in [0.05, 0.1) is 6.54 Å². The molecule has 1 aromatic rings. The van der Waals surface area contributed by atoms with Gasteiger partial charge in [-0.3, -0.25) is 15.1 Å². The van der Waals surface area contributed by atoms with Gasteiger partial charge in [-0.05, 0) is 0 Å². The molecule has 2 rings (SSSR count). The average Bonchev–Trinajstić information content (AvgIpc) is 2.90. The van der Waals surface area contributed by atoms with Gasteiger partial charge in [-0.2, -0.15) is 40.2 Å². The molecular formula is C10H7BrF8N4. The molecule has 0 aliphatic carbocycles. The molecule has 0 saturated carbocycles. The lowest BCUT2D eigenvalue weighted by Gasteiger charge is -2.27. The Hall–Kier alpha value is -1.53. The van der Waals surface area contributed by atoms with E-state index in [-0.39, 0.29) is 6.54 Å². The predicted octanol–water partition coefficient (Wildman–Crippen LogP) is 3.99. The summed E-state index contributed by atoms with van der Waals surface area (Å²) in [5, 5.41) is 6.09. The number of hydrogen-bond acceptors (Lipinski definition) is 3. The molecule has 0 radical (unpaired) electrons. The second-order valence-corrected chi connectivity index (χ2v) is 5.59. The third kappa shape index (κ3) is 2.97. The van der Waals surface area contributed by atoms with E-state index in [9.17, 15) is 35.1 Å². The molecule has 0 aromatic carbocycles. The molecular weight excluding hydrogens is 408 g/mol. The highest BCUT2D eigenvalue weighted by Gasteiger charge is 2.63. The quantitative estimate of drug-likeness (QED) is 0.743. The summed E-state index contributed by atoms with van der Waals surface area (Å²) in [5.41, 5.74) is -4.51. The van der Waals surface area contributed by atoms with Crippen molar-refractivity contribution in [3.8, 4) is 0 Å². The monoisotopic (exact) mass is 414 g/mol. The van der Waals surface area contributed by atoms with Gasteiger partial charge in [0, 0.05) is 17.7 Å². The number of nitrogens with one attached hydrogen (secondary N) is 1. The van der Waals surface area contributed by atoms with Crippen LogP contribution in [0.15, 0.2) is 10.7 Å². The highest BCUT2D eigenvalue weighted by molar-refractivity contribution is 9.11. The Balaban J connectivity index is 2.61. The van der Waals surface area contributed by atoms with Crippen LogP contribution in [-0.4, -0.2) is 35.0 Å². The minimum absolute atomic E-state index is 0.207. The van der Waals surface area contributed by atoms with Crippen molar-refractivity contribution in [3.05, 3.63) is 21.9 Å². The van der Waals surface area contributed by atoms with Crippen LogP contribution in [0.2, 0.25) is 0 Å². The first-order chi connectivity index (χ1) is 10.3. The average molecular weight is 415 g/mol. The van der Waals surface area contributed by atoms with Crippen molar-refractivity contribution in [2.45, 2.75) is 18.3 Å². The van der Waals surface area contributed by atoms with Crippen LogP contribution in [0.3, 0.4) is 0 Å². The number of rotatable bonds is 2. The van der Waals surface area contributed by atoms with Gasteiger partial charge >= 0.3 is 18.3 Å². The van der Waals surface area contributed by atoms with E-state index in [0.717, 1.165) is 10.0 Å². The van der Waals surface area contributed by atoms with E-state index in [2.05, 4.69) is 21.0 Å². The van der Waals surface area contributed by atoms with Gasteiger partial charge in [0.25, 0.3) is 0 Å². The Morgan fingerprint density at radius 2 is 1.70 bits per heavy atom. The zero-order valence-electron chi connectivity index (χ0n) is 11.0. The van der Waals surface area contributed by atoms with Crippen LogP contribution in [0.4, 0.5) is 40.9 Å². The number of anilines is 1. The summed E-state index contributed by atoms with van der Waals surface area (Å²) < 4.78 is 104. The van der Waals surface area contributed by atoms with Crippen LogP contribution in [-0.2, 0) is 12.1 Å². The number of aromatic amines is 1. The van der Waals surface area contributed by atoms with E-state index in [1.807, 2.05) is 0 Å². The van der Waals surface area contributed by atoms with Gasteiger partial charge in [0.15, 0.2) is 5.82 Å². The highest BCUT2D eigenvalue weighted by Crippen LogP contribution is 2.50. The summed E-state index contributed by atoms with van der Waals surface area (Å²) in [6.07, 6.45) is -10.4. The Bertz CT molecular complexity index is 632. The van der Waals surface area contributed by atoms with Crippen molar-refractivity contribution in [2.75, 3.05) is 18.6 Å². The fraction of sp³-hybridized carbons (Fsp3) is 0.500. The summed E-state index contributed by atoms with van der Waals surface area (Å²) in [6.45, 7) is -0.207. The lowest BCUT2D eigenvalue weighted by molar-refractivity contribution is -0.292. The van der Waals surface area contributed by atoms with Crippen LogP contribution in [0, 0.1) is 0 Å². The highest BCUT2D eigenvalue weighted by atomic mass is 79.9. The molecule has 13 heteroatoms. The maximum absolute atomic E-state index is 13.4. The standard InChI is InChI=1S/C10H7BrF8N4/c1-22-2-4(11)3-23(22)7-5(9(14,15)16)6(20-21-7)8(12,13)10(17,18)19/h2H,3H2,1H3,(H,20,21). The molecule has 4 nitrogen and oxygen atoms in total. The van der Waals surface area contributed by atoms with Crippen LogP contribution < -0.4 is 5.01 Å². The first kappa shape index (κ1) is 17.8. The number of halogens is 9. The summed E-state index contributed by atoms with van der Waals surface area (Å²) in [5.74, 6) is -6.81. The van der Waals surface area contributed by atoms with Gasteiger partial charge in [0.2, 0.25) is 0 Å². The molecule has 0 spiro atoms. The van der Waals surface area contributed by atoms with Crippen LogP contribution in [0.1, 0.15) is 11.3 Å². The number of alkyl halides is 8. The number of aromatic nitrogens is 2. The normalized spacial score (nSPS) is 17.0. The smallest absolute Gasteiger partial charge is 0.293 e. The van der Waals surface area contributed by atoms with Crippen molar-refractivity contribution in [1.29, 1.82) is 0 Å². The Morgan fingerprint density at radius 1 is 1.13 bits per heavy atom. The molecule has 0 amide bonds. The minimum atomic E-state index is -6.20. The molecule has 1 N–H and O–H groups in total. The van der Waals surface area contributed by atoms with Crippen LogP contribution >= 0.6 is 15.9 Å². The van der Waals surface area contributed by atoms with Gasteiger partial charge in [-0.1, -0.05) is 15.9 Å². The van der Waals surface area contributed by atoms with Crippen LogP contribution in [0.25, 0.3) is 0 Å². The Labute approximate surface area is 131 Å². The molecule has 0 bridgehead atoms. The van der Waals surface area contributed by atoms with Crippen molar-refractivity contribution in [1.82, 2.24) is 15.2 Å². The SMILES string of the molecule is CN1C=C(Br)CN1c1n[nH]c(C(F)(F)C(F)(F)F)c1C(F)(F)F. The predicted molar refractivity (Wildman–Crippen MR) is 65.7 cm³/mol. The Kier molecular flexibility index (Phi) is 4.06. The molecule has 2 heterocycles. The molecule has 130 valence electrons. The molecule has 0 saturated heterocycles. The molecule has 0 atom stereocenters. The summed E-state index contributed by atoms with van der Waals surface area (Å²) in [4.78, 5) is 0. The number of nitrogens with zero attached hydrogens (tertiary/aromatic N) is 3. The zero-order chi connectivity index (χ0) is 17.8. The fourth-order valence-electron chi connectivity index (χ4n) is 1.95. The second-order valence-electron chi connectivity index (χ2n) is 4.57. The van der Waals surface area contributed by atoms with Gasteiger partial charge in [-0.15, -0.1) is 0 Å². The molecule has 1 aliphatic heterocycles. The molecule has 23 heavy (non-hydrogen) atoms. The Morgan fingerprint density at radius 3 is 2.09 bits per heavy atom.